The summed E-state index contributed by atoms with van der Waals surface area (Å²) in [6, 6.07) is 0.776. The first kappa shape index (κ1) is 15.3. The van der Waals surface area contributed by atoms with Gasteiger partial charge in [0.15, 0.2) is 0 Å². The largest absolute Gasteiger partial charge is 0.361 e. The van der Waals surface area contributed by atoms with Gasteiger partial charge in [-0.3, -0.25) is 4.90 Å². The predicted octanol–water partition coefficient (Wildman–Crippen LogP) is 2.06. The van der Waals surface area contributed by atoms with E-state index in [4.69, 9.17) is 4.52 Å². The van der Waals surface area contributed by atoms with Crippen molar-refractivity contribution in [2.45, 2.75) is 52.1 Å². The molecule has 6 nitrogen and oxygen atoms in total. The Morgan fingerprint density at radius 1 is 1.23 bits per heavy atom. The van der Waals surface area contributed by atoms with E-state index < -0.39 is 0 Å². The van der Waals surface area contributed by atoms with Crippen molar-refractivity contribution < 1.29 is 9.32 Å². The van der Waals surface area contributed by atoms with E-state index in [1.54, 1.807) is 0 Å². The highest BCUT2D eigenvalue weighted by Gasteiger charge is 2.27. The lowest BCUT2D eigenvalue weighted by Gasteiger charge is -2.38. The van der Waals surface area contributed by atoms with Gasteiger partial charge in [-0.2, -0.15) is 0 Å². The van der Waals surface area contributed by atoms with Crippen molar-refractivity contribution in [1.82, 2.24) is 20.3 Å². The van der Waals surface area contributed by atoms with Crippen molar-refractivity contribution in [3.05, 3.63) is 17.0 Å². The van der Waals surface area contributed by atoms with E-state index in [0.717, 1.165) is 49.2 Å². The highest BCUT2D eigenvalue weighted by Crippen LogP contribution is 2.24. The van der Waals surface area contributed by atoms with Gasteiger partial charge in [-0.1, -0.05) is 18.0 Å². The first-order chi connectivity index (χ1) is 10.6. The summed E-state index contributed by atoms with van der Waals surface area (Å²) in [5.41, 5.74) is 1.83. The highest BCUT2D eigenvalue weighted by atomic mass is 16.5. The van der Waals surface area contributed by atoms with Gasteiger partial charge in [0.25, 0.3) is 0 Å². The molecule has 122 valence electrons. The van der Waals surface area contributed by atoms with Crippen LogP contribution in [0.3, 0.4) is 0 Å². The molecule has 1 aromatic heterocycles. The number of carbonyl (C=O) groups excluding carboxylic acids is 1. The lowest BCUT2D eigenvalue weighted by atomic mass is 10.2. The molecule has 0 atom stereocenters. The summed E-state index contributed by atoms with van der Waals surface area (Å²) in [6.07, 6.45) is 5.39. The van der Waals surface area contributed by atoms with Crippen LogP contribution in [0.25, 0.3) is 0 Å². The zero-order valence-electron chi connectivity index (χ0n) is 13.6. The fourth-order valence-electron chi connectivity index (χ4n) is 3.59. The van der Waals surface area contributed by atoms with Crippen LogP contribution >= 0.6 is 0 Å². The molecule has 1 aliphatic heterocycles. The van der Waals surface area contributed by atoms with Crippen LogP contribution < -0.4 is 5.32 Å². The molecule has 1 saturated heterocycles. The van der Waals surface area contributed by atoms with Crippen LogP contribution in [0.4, 0.5) is 4.79 Å². The Morgan fingerprint density at radius 3 is 2.50 bits per heavy atom. The van der Waals surface area contributed by atoms with Gasteiger partial charge in [0.05, 0.1) is 5.69 Å². The topological polar surface area (TPSA) is 61.6 Å². The third-order valence-corrected chi connectivity index (χ3v) is 5.04. The van der Waals surface area contributed by atoms with E-state index in [-0.39, 0.29) is 6.03 Å². The van der Waals surface area contributed by atoms with Crippen molar-refractivity contribution in [3.63, 3.8) is 0 Å². The van der Waals surface area contributed by atoms with Crippen LogP contribution in [0.2, 0.25) is 0 Å². The maximum absolute atomic E-state index is 12.3. The fourth-order valence-corrected chi connectivity index (χ4v) is 3.59. The van der Waals surface area contributed by atoms with Crippen LogP contribution in [0.15, 0.2) is 4.52 Å². The summed E-state index contributed by atoms with van der Waals surface area (Å²) in [6.45, 7) is 7.92. The first-order valence-corrected chi connectivity index (χ1v) is 8.33. The molecule has 1 aromatic rings. The van der Waals surface area contributed by atoms with Crippen LogP contribution in [-0.4, -0.2) is 53.2 Å². The zero-order chi connectivity index (χ0) is 15.5. The van der Waals surface area contributed by atoms with Crippen LogP contribution in [0.1, 0.15) is 42.7 Å². The number of hydrogen-bond donors (Lipinski definition) is 1. The van der Waals surface area contributed by atoms with Gasteiger partial charge in [0, 0.05) is 44.3 Å². The van der Waals surface area contributed by atoms with Gasteiger partial charge >= 0.3 is 6.03 Å². The van der Waals surface area contributed by atoms with Crippen molar-refractivity contribution in [3.8, 4) is 0 Å². The van der Waals surface area contributed by atoms with Crippen LogP contribution in [0, 0.1) is 13.8 Å². The summed E-state index contributed by atoms with van der Waals surface area (Å²) in [4.78, 5) is 16.8. The summed E-state index contributed by atoms with van der Waals surface area (Å²) in [7, 11) is 0. The Balaban J connectivity index is 1.45. The first-order valence-electron chi connectivity index (χ1n) is 8.33. The number of carbonyl (C=O) groups is 1. The van der Waals surface area contributed by atoms with Gasteiger partial charge in [0.1, 0.15) is 5.76 Å². The number of nitrogens with zero attached hydrogens (tertiary/aromatic N) is 3. The second kappa shape index (κ2) is 6.69. The lowest BCUT2D eigenvalue weighted by molar-refractivity contribution is 0.109. The van der Waals surface area contributed by atoms with Crippen molar-refractivity contribution in [2.75, 3.05) is 26.2 Å². The number of amides is 2. The predicted molar refractivity (Wildman–Crippen MR) is 83.6 cm³/mol. The molecule has 0 bridgehead atoms. The molecule has 2 aliphatic rings. The van der Waals surface area contributed by atoms with E-state index in [1.165, 1.54) is 25.7 Å². The summed E-state index contributed by atoms with van der Waals surface area (Å²) < 4.78 is 5.12. The average molecular weight is 306 g/mol. The van der Waals surface area contributed by atoms with Gasteiger partial charge in [-0.15, -0.1) is 0 Å². The molecular weight excluding hydrogens is 280 g/mol. The number of nitrogens with one attached hydrogen (secondary N) is 1. The van der Waals surface area contributed by atoms with Gasteiger partial charge < -0.3 is 14.7 Å². The minimum Gasteiger partial charge on any atom is -0.361 e. The third kappa shape index (κ3) is 3.27. The highest BCUT2D eigenvalue weighted by molar-refractivity contribution is 5.74. The quantitative estimate of drug-likeness (QED) is 0.928. The Labute approximate surface area is 131 Å². The van der Waals surface area contributed by atoms with E-state index in [0.29, 0.717) is 6.54 Å². The van der Waals surface area contributed by atoms with Crippen molar-refractivity contribution in [2.24, 2.45) is 0 Å². The minimum absolute atomic E-state index is 0.0195. The van der Waals surface area contributed by atoms with E-state index in [9.17, 15) is 4.79 Å². The Kier molecular flexibility index (Phi) is 4.66. The second-order valence-electron chi connectivity index (χ2n) is 6.42. The molecule has 0 spiro atoms. The van der Waals surface area contributed by atoms with E-state index in [1.807, 2.05) is 18.7 Å². The normalized spacial score (nSPS) is 20.5. The molecule has 0 unspecified atom stereocenters. The number of aryl methyl sites for hydroxylation is 2. The fraction of sp³-hybridized carbons (Fsp3) is 0.750. The summed E-state index contributed by atoms with van der Waals surface area (Å²) >= 11 is 0. The molecule has 22 heavy (non-hydrogen) atoms. The Hall–Kier alpha value is -1.56. The monoisotopic (exact) mass is 306 g/mol. The molecule has 3 rings (SSSR count). The molecule has 0 radical (unpaired) electrons. The molecule has 1 aliphatic carbocycles. The number of piperazine rings is 1. The molecule has 1 N–H and O–H groups in total. The molecule has 0 aromatic carbocycles. The molecule has 1 saturated carbocycles. The number of rotatable bonds is 3. The number of aromatic nitrogens is 1. The number of urea groups is 1. The van der Waals surface area contributed by atoms with Gasteiger partial charge in [0.2, 0.25) is 0 Å². The maximum Gasteiger partial charge on any atom is 0.317 e. The molecular formula is C16H26N4O2. The molecule has 2 heterocycles. The van der Waals surface area contributed by atoms with Gasteiger partial charge in [-0.25, -0.2) is 4.79 Å². The summed E-state index contributed by atoms with van der Waals surface area (Å²) in [5, 5.41) is 6.90. The lowest BCUT2D eigenvalue weighted by Crippen LogP contribution is -2.53. The smallest absolute Gasteiger partial charge is 0.317 e. The minimum atomic E-state index is 0.0195. The SMILES string of the molecule is Cc1noc(C)c1CNC(=O)N1CCN(C2CCCC2)CC1. The number of hydrogen-bond acceptors (Lipinski definition) is 4. The standard InChI is InChI=1S/C16H26N4O2/c1-12-15(13(2)22-18-12)11-17-16(21)20-9-7-19(8-10-20)14-5-3-4-6-14/h14H,3-11H2,1-2H3,(H,17,21). The van der Waals surface area contributed by atoms with Crippen LogP contribution in [0.5, 0.6) is 0 Å². The molecule has 2 amide bonds. The Bertz CT molecular complexity index is 495. The zero-order valence-corrected chi connectivity index (χ0v) is 13.6. The average Bonchev–Trinajstić information content (AvgIpc) is 3.17. The van der Waals surface area contributed by atoms with E-state index >= 15 is 0 Å². The summed E-state index contributed by atoms with van der Waals surface area (Å²) in [5.74, 6) is 0.781. The second-order valence-corrected chi connectivity index (χ2v) is 6.42. The molecule has 2 fully saturated rings. The third-order valence-electron chi connectivity index (χ3n) is 5.04. The van der Waals surface area contributed by atoms with Crippen LogP contribution in [-0.2, 0) is 6.54 Å². The van der Waals surface area contributed by atoms with Crippen molar-refractivity contribution in [1.29, 1.82) is 0 Å². The van der Waals surface area contributed by atoms with Gasteiger partial charge in [-0.05, 0) is 26.7 Å². The van der Waals surface area contributed by atoms with Crippen molar-refractivity contribution >= 4 is 6.03 Å². The molecule has 6 heteroatoms. The van der Waals surface area contributed by atoms with E-state index in [2.05, 4.69) is 15.4 Å². The Morgan fingerprint density at radius 2 is 1.91 bits per heavy atom. The maximum atomic E-state index is 12.3.